The molecule has 0 aliphatic carbocycles. The second-order valence-corrected chi connectivity index (χ2v) is 4.43. The number of pyridine rings is 2. The molecule has 0 unspecified atom stereocenters. The molecule has 0 fully saturated rings. The Hall–Kier alpha value is -2.74. The van der Waals surface area contributed by atoms with Crippen LogP contribution in [0.3, 0.4) is 0 Å². The van der Waals surface area contributed by atoms with E-state index >= 15 is 0 Å². The first-order valence-electron chi connectivity index (χ1n) is 6.52. The molecule has 0 saturated heterocycles. The molecule has 0 aliphatic rings. The van der Waals surface area contributed by atoms with Gasteiger partial charge in [0.25, 0.3) is 0 Å². The first-order chi connectivity index (χ1) is 9.92. The minimum Gasteiger partial charge on any atom is -0.255 e. The Balaban J connectivity index is 1.87. The van der Waals surface area contributed by atoms with Crippen LogP contribution in [0.25, 0.3) is 23.5 Å². The van der Waals surface area contributed by atoms with E-state index in [1.165, 1.54) is 5.56 Å². The molecule has 2 heteroatoms. The van der Waals surface area contributed by atoms with Crippen LogP contribution < -0.4 is 0 Å². The van der Waals surface area contributed by atoms with E-state index in [1.807, 2.05) is 54.7 Å². The minimum absolute atomic E-state index is 0.890. The largest absolute Gasteiger partial charge is 0.255 e. The highest BCUT2D eigenvalue weighted by molar-refractivity contribution is 5.71. The van der Waals surface area contributed by atoms with Crippen molar-refractivity contribution in [1.29, 1.82) is 0 Å². The van der Waals surface area contributed by atoms with Crippen LogP contribution in [0.5, 0.6) is 0 Å². The molecule has 0 spiro atoms. The van der Waals surface area contributed by atoms with E-state index in [0.29, 0.717) is 0 Å². The number of hydrogen-bond acceptors (Lipinski definition) is 2. The van der Waals surface area contributed by atoms with Gasteiger partial charge in [-0.1, -0.05) is 48.6 Å². The third-order valence-electron chi connectivity index (χ3n) is 2.98. The maximum Gasteiger partial charge on any atom is 0.0892 e. The average Bonchev–Trinajstić information content (AvgIpc) is 2.55. The fourth-order valence-electron chi connectivity index (χ4n) is 1.96. The second-order valence-electron chi connectivity index (χ2n) is 4.43. The van der Waals surface area contributed by atoms with E-state index in [4.69, 9.17) is 0 Å². The Morgan fingerprint density at radius 2 is 1.35 bits per heavy atom. The third-order valence-corrected chi connectivity index (χ3v) is 2.98. The van der Waals surface area contributed by atoms with Gasteiger partial charge in [0, 0.05) is 12.4 Å². The van der Waals surface area contributed by atoms with Gasteiger partial charge >= 0.3 is 0 Å². The number of rotatable bonds is 3. The van der Waals surface area contributed by atoms with E-state index in [0.717, 1.165) is 17.0 Å². The van der Waals surface area contributed by atoms with Gasteiger partial charge in [-0.25, -0.2) is 0 Å². The summed E-state index contributed by atoms with van der Waals surface area (Å²) in [6.07, 6.45) is 7.78. The molecule has 1 aromatic carbocycles. The molecule has 0 radical (unpaired) electrons. The normalized spacial score (nSPS) is 10.8. The summed E-state index contributed by atoms with van der Waals surface area (Å²) in [7, 11) is 0. The number of benzene rings is 1. The van der Waals surface area contributed by atoms with Crippen LogP contribution in [0, 0.1) is 0 Å². The van der Waals surface area contributed by atoms with Crippen LogP contribution in [-0.4, -0.2) is 9.97 Å². The highest BCUT2D eigenvalue weighted by Crippen LogP contribution is 2.16. The van der Waals surface area contributed by atoms with Crippen molar-refractivity contribution in [3.63, 3.8) is 0 Å². The molecule has 0 aliphatic heterocycles. The lowest BCUT2D eigenvalue weighted by molar-refractivity contribution is 1.24. The molecule has 3 rings (SSSR count). The molecule has 96 valence electrons. The van der Waals surface area contributed by atoms with Gasteiger partial charge in [-0.3, -0.25) is 9.97 Å². The predicted octanol–water partition coefficient (Wildman–Crippen LogP) is 4.31. The van der Waals surface area contributed by atoms with Gasteiger partial charge in [-0.15, -0.1) is 0 Å². The molecule has 3 aromatic rings. The van der Waals surface area contributed by atoms with E-state index in [1.54, 1.807) is 6.20 Å². The monoisotopic (exact) mass is 258 g/mol. The summed E-state index contributed by atoms with van der Waals surface area (Å²) in [6.45, 7) is 0. The Labute approximate surface area is 118 Å². The lowest BCUT2D eigenvalue weighted by Gasteiger charge is -2.00. The van der Waals surface area contributed by atoms with Gasteiger partial charge in [0.2, 0.25) is 0 Å². The lowest BCUT2D eigenvalue weighted by Crippen LogP contribution is -1.86. The summed E-state index contributed by atoms with van der Waals surface area (Å²) in [5.74, 6) is 0. The zero-order valence-electron chi connectivity index (χ0n) is 11.0. The van der Waals surface area contributed by atoms with E-state index in [-0.39, 0.29) is 0 Å². The Bertz CT molecular complexity index is 704. The van der Waals surface area contributed by atoms with Crippen molar-refractivity contribution in [2.24, 2.45) is 0 Å². The van der Waals surface area contributed by atoms with E-state index < -0.39 is 0 Å². The summed E-state index contributed by atoms with van der Waals surface area (Å²) in [5, 5.41) is 0. The molecule has 2 heterocycles. The lowest BCUT2D eigenvalue weighted by atomic mass is 10.1. The fourth-order valence-corrected chi connectivity index (χ4v) is 1.96. The Kier molecular flexibility index (Phi) is 3.65. The van der Waals surface area contributed by atoms with Crippen LogP contribution in [-0.2, 0) is 0 Å². The van der Waals surface area contributed by atoms with Crippen LogP contribution in [0.4, 0.5) is 0 Å². The molecule has 2 aromatic heterocycles. The van der Waals surface area contributed by atoms with Crippen LogP contribution in [0.2, 0.25) is 0 Å². The maximum atomic E-state index is 4.37. The van der Waals surface area contributed by atoms with Crippen LogP contribution >= 0.6 is 0 Å². The molecule has 0 N–H and O–H groups in total. The van der Waals surface area contributed by atoms with Gasteiger partial charge < -0.3 is 0 Å². The summed E-state index contributed by atoms with van der Waals surface area (Å²) in [5.41, 5.74) is 4.08. The molecule has 0 bridgehead atoms. The van der Waals surface area contributed by atoms with Crippen molar-refractivity contribution in [3.05, 3.63) is 84.2 Å². The topological polar surface area (TPSA) is 25.8 Å². The van der Waals surface area contributed by atoms with Gasteiger partial charge in [0.05, 0.1) is 11.4 Å². The van der Waals surface area contributed by atoms with Crippen molar-refractivity contribution in [2.45, 2.75) is 0 Å². The van der Waals surface area contributed by atoms with Crippen LogP contribution in [0.15, 0.2) is 73.1 Å². The third kappa shape index (κ3) is 2.98. The minimum atomic E-state index is 0.890. The molecular formula is C18H14N2. The predicted molar refractivity (Wildman–Crippen MR) is 82.8 cm³/mol. The Morgan fingerprint density at radius 3 is 2.15 bits per heavy atom. The zero-order chi connectivity index (χ0) is 13.6. The first kappa shape index (κ1) is 12.3. The molecule has 2 nitrogen and oxygen atoms in total. The van der Waals surface area contributed by atoms with Crippen molar-refractivity contribution in [1.82, 2.24) is 9.97 Å². The van der Waals surface area contributed by atoms with Gasteiger partial charge in [0.15, 0.2) is 0 Å². The summed E-state index contributed by atoms with van der Waals surface area (Å²) in [6, 6.07) is 20.1. The summed E-state index contributed by atoms with van der Waals surface area (Å²) < 4.78 is 0. The molecule has 0 atom stereocenters. The van der Waals surface area contributed by atoms with Crippen molar-refractivity contribution in [2.75, 3.05) is 0 Å². The number of hydrogen-bond donors (Lipinski definition) is 0. The maximum absolute atomic E-state index is 4.37. The number of nitrogens with zero attached hydrogens (tertiary/aromatic N) is 2. The highest BCUT2D eigenvalue weighted by Gasteiger charge is 1.99. The van der Waals surface area contributed by atoms with Gasteiger partial charge in [-0.05, 0) is 35.4 Å². The van der Waals surface area contributed by atoms with Gasteiger partial charge in [-0.2, -0.15) is 0 Å². The quantitative estimate of drug-likeness (QED) is 0.699. The van der Waals surface area contributed by atoms with Crippen molar-refractivity contribution < 1.29 is 0 Å². The second kappa shape index (κ2) is 5.93. The van der Waals surface area contributed by atoms with Crippen LogP contribution in [0.1, 0.15) is 11.1 Å². The molecular weight excluding hydrogens is 244 g/mol. The molecule has 0 saturated carbocycles. The zero-order valence-corrected chi connectivity index (χ0v) is 11.0. The summed E-state index contributed by atoms with van der Waals surface area (Å²) in [4.78, 5) is 8.69. The smallest absolute Gasteiger partial charge is 0.0892 e. The average molecular weight is 258 g/mol. The fraction of sp³-hybridized carbons (Fsp3) is 0. The first-order valence-corrected chi connectivity index (χ1v) is 6.52. The van der Waals surface area contributed by atoms with Crippen molar-refractivity contribution in [3.8, 4) is 11.4 Å². The number of aromatic nitrogens is 2. The summed E-state index contributed by atoms with van der Waals surface area (Å²) >= 11 is 0. The van der Waals surface area contributed by atoms with E-state index in [9.17, 15) is 0 Å². The SMILES string of the molecule is C(=Cc1ccnc(-c2ccccn2)c1)c1ccccc1. The van der Waals surface area contributed by atoms with E-state index in [2.05, 4.69) is 34.3 Å². The molecule has 0 amide bonds. The van der Waals surface area contributed by atoms with Crippen molar-refractivity contribution >= 4 is 12.2 Å². The standard InChI is InChI=1S/C18H14N2/c1-2-6-15(7-3-1)9-10-16-11-13-20-18(14-16)17-8-4-5-12-19-17/h1-14H. The molecule has 20 heavy (non-hydrogen) atoms. The highest BCUT2D eigenvalue weighted by atomic mass is 14.8. The van der Waals surface area contributed by atoms with Gasteiger partial charge in [0.1, 0.15) is 0 Å². The Morgan fingerprint density at radius 1 is 0.600 bits per heavy atom.